The molecule has 1 unspecified atom stereocenters. The summed E-state index contributed by atoms with van der Waals surface area (Å²) >= 11 is 0. The van der Waals surface area contributed by atoms with Crippen LogP contribution >= 0.6 is 0 Å². The molecule has 0 saturated carbocycles. The summed E-state index contributed by atoms with van der Waals surface area (Å²) in [6.45, 7) is 3.62. The first-order valence-electron chi connectivity index (χ1n) is 5.78. The van der Waals surface area contributed by atoms with Crippen molar-refractivity contribution in [2.75, 3.05) is 0 Å². The van der Waals surface area contributed by atoms with Gasteiger partial charge in [-0.2, -0.15) is 5.90 Å². The van der Waals surface area contributed by atoms with Gasteiger partial charge in [0.25, 0.3) is 0 Å². The molecule has 18 heavy (non-hydrogen) atoms. The van der Waals surface area contributed by atoms with Crippen LogP contribution in [0.1, 0.15) is 19.4 Å². The number of carbonyl (C=O) groups is 2. The van der Waals surface area contributed by atoms with E-state index < -0.39 is 12.0 Å². The second-order valence-electron chi connectivity index (χ2n) is 4.39. The Bertz CT molecular complexity index is 404. The number of hydrogen-bond donors (Lipinski definition) is 2. The van der Waals surface area contributed by atoms with E-state index in [4.69, 9.17) is 5.90 Å². The molecule has 0 heterocycles. The third-order valence-corrected chi connectivity index (χ3v) is 2.56. The van der Waals surface area contributed by atoms with Crippen molar-refractivity contribution in [3.63, 3.8) is 0 Å². The summed E-state index contributed by atoms with van der Waals surface area (Å²) in [4.78, 5) is 27.3. The molecule has 1 aromatic carbocycles. The molecule has 1 amide bonds. The van der Waals surface area contributed by atoms with Crippen molar-refractivity contribution >= 4 is 11.9 Å². The zero-order valence-electron chi connectivity index (χ0n) is 10.6. The van der Waals surface area contributed by atoms with Crippen molar-refractivity contribution in [1.29, 1.82) is 0 Å². The highest BCUT2D eigenvalue weighted by Crippen LogP contribution is 2.05. The summed E-state index contributed by atoms with van der Waals surface area (Å²) in [6.07, 6.45) is 0.224. The highest BCUT2D eigenvalue weighted by atomic mass is 16.7. The Morgan fingerprint density at radius 2 is 1.89 bits per heavy atom. The van der Waals surface area contributed by atoms with Crippen LogP contribution in [0.5, 0.6) is 0 Å². The largest absolute Gasteiger partial charge is 0.372 e. The Labute approximate surface area is 106 Å². The second kappa shape index (κ2) is 6.76. The fraction of sp³-hybridized carbons (Fsp3) is 0.385. The highest BCUT2D eigenvalue weighted by molar-refractivity contribution is 5.85. The maximum Gasteiger partial charge on any atom is 0.347 e. The number of benzene rings is 1. The first kappa shape index (κ1) is 14.2. The molecule has 0 radical (unpaired) electrons. The predicted molar refractivity (Wildman–Crippen MR) is 67.2 cm³/mol. The Balaban J connectivity index is 2.60. The van der Waals surface area contributed by atoms with Gasteiger partial charge in [-0.1, -0.05) is 44.2 Å². The smallest absolute Gasteiger partial charge is 0.347 e. The van der Waals surface area contributed by atoms with Crippen molar-refractivity contribution in [1.82, 2.24) is 5.32 Å². The molecule has 0 aliphatic carbocycles. The maximum atomic E-state index is 11.8. The van der Waals surface area contributed by atoms with E-state index in [1.165, 1.54) is 0 Å². The van der Waals surface area contributed by atoms with Crippen LogP contribution in [0.3, 0.4) is 0 Å². The highest BCUT2D eigenvalue weighted by Gasteiger charge is 2.25. The average Bonchev–Trinajstić information content (AvgIpc) is 2.36. The van der Waals surface area contributed by atoms with Crippen molar-refractivity contribution in [3.8, 4) is 0 Å². The molecule has 0 spiro atoms. The average molecular weight is 250 g/mol. The van der Waals surface area contributed by atoms with Gasteiger partial charge in [0.1, 0.15) is 6.04 Å². The van der Waals surface area contributed by atoms with Gasteiger partial charge in [0.05, 0.1) is 6.42 Å². The molecule has 1 rings (SSSR count). The van der Waals surface area contributed by atoms with Crippen LogP contribution in [0.25, 0.3) is 0 Å². The molecule has 0 aliphatic rings. The minimum absolute atomic E-state index is 0.0826. The summed E-state index contributed by atoms with van der Waals surface area (Å²) < 4.78 is 0. The van der Waals surface area contributed by atoms with Crippen molar-refractivity contribution in [2.24, 2.45) is 11.8 Å². The third-order valence-electron chi connectivity index (χ3n) is 2.56. The van der Waals surface area contributed by atoms with E-state index in [-0.39, 0.29) is 18.2 Å². The van der Waals surface area contributed by atoms with Gasteiger partial charge in [-0.3, -0.25) is 4.79 Å². The zero-order chi connectivity index (χ0) is 13.5. The van der Waals surface area contributed by atoms with E-state index in [0.29, 0.717) is 0 Å². The van der Waals surface area contributed by atoms with Gasteiger partial charge in [0.15, 0.2) is 0 Å². The fourth-order valence-corrected chi connectivity index (χ4v) is 1.58. The Morgan fingerprint density at radius 3 is 2.39 bits per heavy atom. The van der Waals surface area contributed by atoms with Crippen LogP contribution in [-0.2, 0) is 20.8 Å². The molecule has 0 aromatic heterocycles. The van der Waals surface area contributed by atoms with E-state index in [2.05, 4.69) is 10.2 Å². The topological polar surface area (TPSA) is 81.4 Å². The van der Waals surface area contributed by atoms with Gasteiger partial charge in [-0.05, 0) is 11.5 Å². The lowest BCUT2D eigenvalue weighted by Gasteiger charge is -2.19. The Morgan fingerprint density at radius 1 is 1.28 bits per heavy atom. The van der Waals surface area contributed by atoms with Crippen LogP contribution in [0, 0.1) is 5.92 Å². The SMILES string of the molecule is CC(C)C(NC(=O)Cc1ccccc1)C(=O)ON. The lowest BCUT2D eigenvalue weighted by molar-refractivity contribution is -0.149. The molecule has 98 valence electrons. The van der Waals surface area contributed by atoms with Crippen LogP contribution in [0.15, 0.2) is 30.3 Å². The molecule has 0 saturated heterocycles. The predicted octanol–water partition coefficient (Wildman–Crippen LogP) is 0.787. The Hall–Kier alpha value is -1.88. The number of carbonyl (C=O) groups excluding carboxylic acids is 2. The molecule has 0 aliphatic heterocycles. The molecule has 5 nitrogen and oxygen atoms in total. The minimum atomic E-state index is -0.716. The standard InChI is InChI=1S/C13H18N2O3/c1-9(2)12(13(17)18-14)15-11(16)8-10-6-4-3-5-7-10/h3-7,9,12H,8,14H2,1-2H3,(H,15,16). The van der Waals surface area contributed by atoms with E-state index in [1.807, 2.05) is 44.2 Å². The molecule has 0 bridgehead atoms. The fourth-order valence-electron chi connectivity index (χ4n) is 1.58. The Kier molecular flexibility index (Phi) is 5.32. The minimum Gasteiger partial charge on any atom is -0.372 e. The lowest BCUT2D eigenvalue weighted by Crippen LogP contribution is -2.46. The van der Waals surface area contributed by atoms with Crippen molar-refractivity contribution in [3.05, 3.63) is 35.9 Å². The maximum absolute atomic E-state index is 11.8. The van der Waals surface area contributed by atoms with Gasteiger partial charge < -0.3 is 10.2 Å². The van der Waals surface area contributed by atoms with Crippen LogP contribution in [0.2, 0.25) is 0 Å². The van der Waals surface area contributed by atoms with Crippen LogP contribution < -0.4 is 11.2 Å². The summed E-state index contributed by atoms with van der Waals surface area (Å²) in [5.41, 5.74) is 0.888. The van der Waals surface area contributed by atoms with Crippen molar-refractivity contribution in [2.45, 2.75) is 26.3 Å². The summed E-state index contributed by atoms with van der Waals surface area (Å²) in [7, 11) is 0. The summed E-state index contributed by atoms with van der Waals surface area (Å²) in [5.74, 6) is 3.89. The molecular weight excluding hydrogens is 232 g/mol. The number of hydrogen-bond acceptors (Lipinski definition) is 4. The van der Waals surface area contributed by atoms with Crippen LogP contribution in [-0.4, -0.2) is 17.9 Å². The summed E-state index contributed by atoms with van der Waals surface area (Å²) in [6, 6.07) is 8.58. The first-order valence-corrected chi connectivity index (χ1v) is 5.78. The molecule has 0 fully saturated rings. The number of nitrogens with two attached hydrogens (primary N) is 1. The summed E-state index contributed by atoms with van der Waals surface area (Å²) in [5, 5.41) is 2.62. The van der Waals surface area contributed by atoms with Gasteiger partial charge in [-0.25, -0.2) is 4.79 Å². The molecule has 3 N–H and O–H groups in total. The second-order valence-corrected chi connectivity index (χ2v) is 4.39. The van der Waals surface area contributed by atoms with Gasteiger partial charge in [0.2, 0.25) is 5.91 Å². The quantitative estimate of drug-likeness (QED) is 0.757. The lowest BCUT2D eigenvalue weighted by atomic mass is 10.0. The third kappa shape index (κ3) is 4.18. The molecule has 5 heteroatoms. The monoisotopic (exact) mass is 250 g/mol. The van der Waals surface area contributed by atoms with Gasteiger partial charge in [-0.15, -0.1) is 0 Å². The van der Waals surface area contributed by atoms with Crippen LogP contribution in [0.4, 0.5) is 0 Å². The zero-order valence-corrected chi connectivity index (χ0v) is 10.6. The number of rotatable bonds is 5. The first-order chi connectivity index (χ1) is 8.54. The van der Waals surface area contributed by atoms with Crippen molar-refractivity contribution < 1.29 is 14.4 Å². The van der Waals surface area contributed by atoms with E-state index in [0.717, 1.165) is 5.56 Å². The van der Waals surface area contributed by atoms with Gasteiger partial charge in [0, 0.05) is 0 Å². The normalized spacial score (nSPS) is 12.0. The van der Waals surface area contributed by atoms with E-state index in [9.17, 15) is 9.59 Å². The molecular formula is C13H18N2O3. The number of nitrogens with one attached hydrogen (secondary N) is 1. The van der Waals surface area contributed by atoms with E-state index >= 15 is 0 Å². The van der Waals surface area contributed by atoms with Gasteiger partial charge >= 0.3 is 5.97 Å². The number of amides is 1. The molecule has 1 atom stereocenters. The molecule has 1 aromatic rings. The van der Waals surface area contributed by atoms with E-state index in [1.54, 1.807) is 0 Å².